The van der Waals surface area contributed by atoms with E-state index in [1.807, 2.05) is 30.4 Å². The summed E-state index contributed by atoms with van der Waals surface area (Å²) in [7, 11) is 0. The molecular weight excluding hydrogens is 343 g/mol. The summed E-state index contributed by atoms with van der Waals surface area (Å²) in [6.45, 7) is 10.3. The molecule has 0 heterocycles. The fourth-order valence-electron chi connectivity index (χ4n) is 3.94. The Kier molecular flexibility index (Phi) is 4.67. The molecule has 0 nitrogen and oxygen atoms in total. The molecule has 4 rings (SSSR count). The van der Waals surface area contributed by atoms with Crippen molar-refractivity contribution in [1.82, 2.24) is 0 Å². The van der Waals surface area contributed by atoms with E-state index in [4.69, 9.17) is 0 Å². The number of rotatable bonds is 4. The lowest BCUT2D eigenvalue weighted by Crippen LogP contribution is -1.96. The molecule has 0 unspecified atom stereocenters. The normalized spacial score (nSPS) is 10.8. The Balaban J connectivity index is 2.19. The smallest absolute Gasteiger partial charge is 0.123 e. The van der Waals surface area contributed by atoms with Gasteiger partial charge in [-0.1, -0.05) is 91.5 Å². The summed E-state index contributed by atoms with van der Waals surface area (Å²) in [5.74, 6) is -0.242. The van der Waals surface area contributed by atoms with Gasteiger partial charge in [0.1, 0.15) is 5.82 Å². The standard InChI is InChI=1S/C27H21F/c1-4-22-23(5-2)27(20-10-8-9-18(3)17-20)25-12-7-6-11-24(25)26(22)19-13-15-21(28)16-14-19/h4-17H,1-2H2,3H3. The Labute approximate surface area is 165 Å². The second-order valence-corrected chi connectivity index (χ2v) is 6.91. The predicted octanol–water partition coefficient (Wildman–Crippen LogP) is 7.91. The third-order valence-corrected chi connectivity index (χ3v) is 5.14. The molecule has 0 aliphatic carbocycles. The van der Waals surface area contributed by atoms with E-state index in [9.17, 15) is 4.39 Å². The minimum Gasteiger partial charge on any atom is -0.207 e. The van der Waals surface area contributed by atoms with Crippen molar-refractivity contribution < 1.29 is 4.39 Å². The summed E-state index contributed by atoms with van der Waals surface area (Å²) in [6, 6.07) is 23.5. The number of hydrogen-bond donors (Lipinski definition) is 0. The summed E-state index contributed by atoms with van der Waals surface area (Å²) in [4.78, 5) is 0. The molecule has 4 aromatic carbocycles. The fraction of sp³-hybridized carbons (Fsp3) is 0.0370. The molecule has 0 aromatic heterocycles. The molecule has 0 N–H and O–H groups in total. The van der Waals surface area contributed by atoms with Crippen LogP contribution in [0, 0.1) is 12.7 Å². The molecule has 0 saturated carbocycles. The van der Waals surface area contributed by atoms with Gasteiger partial charge < -0.3 is 0 Å². The van der Waals surface area contributed by atoms with Crippen LogP contribution in [0.25, 0.3) is 45.2 Å². The van der Waals surface area contributed by atoms with Gasteiger partial charge in [0, 0.05) is 0 Å². The Morgan fingerprint density at radius 1 is 0.679 bits per heavy atom. The van der Waals surface area contributed by atoms with Crippen LogP contribution in [0.2, 0.25) is 0 Å². The van der Waals surface area contributed by atoms with Crippen LogP contribution in [0.4, 0.5) is 4.39 Å². The molecule has 1 heteroatoms. The highest BCUT2D eigenvalue weighted by atomic mass is 19.1. The van der Waals surface area contributed by atoms with Crippen molar-refractivity contribution in [2.24, 2.45) is 0 Å². The predicted molar refractivity (Wildman–Crippen MR) is 120 cm³/mol. The number of benzene rings is 4. The summed E-state index contributed by atoms with van der Waals surface area (Å²) < 4.78 is 13.5. The molecule has 0 fully saturated rings. The molecule has 4 aromatic rings. The maximum Gasteiger partial charge on any atom is 0.123 e. The third-order valence-electron chi connectivity index (χ3n) is 5.14. The molecule has 0 radical (unpaired) electrons. The second-order valence-electron chi connectivity index (χ2n) is 6.91. The maximum absolute atomic E-state index is 13.5. The van der Waals surface area contributed by atoms with Crippen molar-refractivity contribution in [3.63, 3.8) is 0 Å². The molecular formula is C27H21F. The van der Waals surface area contributed by atoms with Gasteiger partial charge in [0.15, 0.2) is 0 Å². The highest BCUT2D eigenvalue weighted by molar-refractivity contribution is 6.11. The molecule has 0 aliphatic heterocycles. The number of halogens is 1. The van der Waals surface area contributed by atoms with Gasteiger partial charge in [-0.2, -0.15) is 0 Å². The van der Waals surface area contributed by atoms with Crippen LogP contribution < -0.4 is 0 Å². The van der Waals surface area contributed by atoms with Gasteiger partial charge in [-0.15, -0.1) is 0 Å². The van der Waals surface area contributed by atoms with Gasteiger partial charge in [-0.3, -0.25) is 0 Å². The highest BCUT2D eigenvalue weighted by Gasteiger charge is 2.18. The van der Waals surface area contributed by atoms with Crippen molar-refractivity contribution in [2.75, 3.05) is 0 Å². The van der Waals surface area contributed by atoms with Crippen LogP contribution in [0.1, 0.15) is 16.7 Å². The molecule has 136 valence electrons. The van der Waals surface area contributed by atoms with Crippen LogP contribution in [0.5, 0.6) is 0 Å². The van der Waals surface area contributed by atoms with Gasteiger partial charge in [0.25, 0.3) is 0 Å². The van der Waals surface area contributed by atoms with E-state index in [1.165, 1.54) is 17.7 Å². The van der Waals surface area contributed by atoms with E-state index in [0.29, 0.717) is 0 Å². The Hall–Kier alpha value is -3.45. The Morgan fingerprint density at radius 3 is 1.79 bits per heavy atom. The van der Waals surface area contributed by atoms with Crippen LogP contribution in [-0.2, 0) is 0 Å². The molecule has 0 bridgehead atoms. The van der Waals surface area contributed by atoms with E-state index >= 15 is 0 Å². The van der Waals surface area contributed by atoms with Crippen molar-refractivity contribution in [2.45, 2.75) is 6.92 Å². The van der Waals surface area contributed by atoms with Gasteiger partial charge in [0.2, 0.25) is 0 Å². The highest BCUT2D eigenvalue weighted by Crippen LogP contribution is 2.43. The number of fused-ring (bicyclic) bond motifs is 1. The van der Waals surface area contributed by atoms with E-state index < -0.39 is 0 Å². The van der Waals surface area contributed by atoms with Crippen molar-refractivity contribution in [1.29, 1.82) is 0 Å². The first-order valence-corrected chi connectivity index (χ1v) is 9.30. The lowest BCUT2D eigenvalue weighted by Gasteiger charge is -2.20. The SMILES string of the molecule is C=Cc1c(C=C)c(-c2cccc(C)c2)c2ccccc2c1-c1ccc(F)cc1. The van der Waals surface area contributed by atoms with Crippen LogP contribution in [-0.4, -0.2) is 0 Å². The quantitative estimate of drug-likeness (QED) is 0.345. The summed E-state index contributed by atoms with van der Waals surface area (Å²) in [5, 5.41) is 2.26. The number of hydrogen-bond acceptors (Lipinski definition) is 0. The Morgan fingerprint density at radius 2 is 1.25 bits per heavy atom. The molecule has 0 atom stereocenters. The zero-order chi connectivity index (χ0) is 19.7. The number of aryl methyl sites for hydroxylation is 1. The molecule has 0 aliphatic rings. The van der Waals surface area contributed by atoms with E-state index in [0.717, 1.165) is 44.2 Å². The summed E-state index contributed by atoms with van der Waals surface area (Å²) in [5.41, 5.74) is 7.58. The van der Waals surface area contributed by atoms with E-state index in [1.54, 1.807) is 0 Å². The second kappa shape index (κ2) is 7.28. The average molecular weight is 364 g/mol. The lowest BCUT2D eigenvalue weighted by molar-refractivity contribution is 0.628. The van der Waals surface area contributed by atoms with Crippen molar-refractivity contribution in [3.05, 3.63) is 108 Å². The van der Waals surface area contributed by atoms with Crippen molar-refractivity contribution in [3.8, 4) is 22.3 Å². The third kappa shape index (κ3) is 2.95. The molecule has 0 amide bonds. The lowest BCUT2D eigenvalue weighted by atomic mass is 9.83. The minimum absolute atomic E-state index is 0.242. The van der Waals surface area contributed by atoms with Crippen LogP contribution >= 0.6 is 0 Å². The largest absolute Gasteiger partial charge is 0.207 e. The van der Waals surface area contributed by atoms with Gasteiger partial charge in [-0.05, 0) is 63.2 Å². The molecule has 28 heavy (non-hydrogen) atoms. The average Bonchev–Trinajstić information content (AvgIpc) is 2.72. The van der Waals surface area contributed by atoms with Crippen LogP contribution in [0.15, 0.2) is 86.0 Å². The zero-order valence-corrected chi connectivity index (χ0v) is 15.9. The van der Waals surface area contributed by atoms with Gasteiger partial charge >= 0.3 is 0 Å². The van der Waals surface area contributed by atoms with Crippen molar-refractivity contribution >= 4 is 22.9 Å². The van der Waals surface area contributed by atoms with Gasteiger partial charge in [-0.25, -0.2) is 4.39 Å². The zero-order valence-electron chi connectivity index (χ0n) is 15.9. The molecule has 0 spiro atoms. The first-order chi connectivity index (χ1) is 13.6. The minimum atomic E-state index is -0.242. The first-order valence-electron chi connectivity index (χ1n) is 9.30. The van der Waals surface area contributed by atoms with E-state index in [-0.39, 0.29) is 5.82 Å². The maximum atomic E-state index is 13.5. The molecule has 0 saturated heterocycles. The first kappa shape index (κ1) is 17.9. The summed E-state index contributed by atoms with van der Waals surface area (Å²) >= 11 is 0. The van der Waals surface area contributed by atoms with Crippen LogP contribution in [0.3, 0.4) is 0 Å². The fourth-order valence-corrected chi connectivity index (χ4v) is 3.94. The summed E-state index contributed by atoms with van der Waals surface area (Å²) in [6.07, 6.45) is 3.77. The van der Waals surface area contributed by atoms with Gasteiger partial charge in [0.05, 0.1) is 0 Å². The monoisotopic (exact) mass is 364 g/mol. The topological polar surface area (TPSA) is 0 Å². The van der Waals surface area contributed by atoms with E-state index in [2.05, 4.69) is 62.5 Å². The Bertz CT molecular complexity index is 1200.